The summed E-state index contributed by atoms with van der Waals surface area (Å²) in [4.78, 5) is 5.56. The molecule has 0 bridgehead atoms. The van der Waals surface area contributed by atoms with E-state index in [0.717, 1.165) is 10.4 Å². The van der Waals surface area contributed by atoms with Gasteiger partial charge in [0.05, 0.1) is 0 Å². The van der Waals surface area contributed by atoms with Gasteiger partial charge in [-0.05, 0) is 43.4 Å². The lowest BCUT2D eigenvalue weighted by molar-refractivity contribution is 0.224. The van der Waals surface area contributed by atoms with Crippen molar-refractivity contribution in [3.63, 3.8) is 0 Å². The van der Waals surface area contributed by atoms with Gasteiger partial charge in [0.2, 0.25) is 0 Å². The molecule has 0 radical (unpaired) electrons. The summed E-state index contributed by atoms with van der Waals surface area (Å²) in [5, 5.41) is 10.2. The summed E-state index contributed by atoms with van der Waals surface area (Å²) >= 11 is 1.78. The molecular formula is C13H15NOS. The van der Waals surface area contributed by atoms with Crippen molar-refractivity contribution in [3.8, 4) is 0 Å². The molecule has 2 aromatic rings. The summed E-state index contributed by atoms with van der Waals surface area (Å²) in [5.41, 5.74) is 2.42. The van der Waals surface area contributed by atoms with Crippen LogP contribution in [0, 0.1) is 0 Å². The Labute approximate surface area is 99.0 Å². The average molecular weight is 233 g/mol. The molecule has 84 valence electrons. The van der Waals surface area contributed by atoms with Crippen molar-refractivity contribution in [1.29, 1.82) is 0 Å². The fourth-order valence-electron chi connectivity index (χ4n) is 2.32. The number of aromatic amines is 1. The van der Waals surface area contributed by atoms with Gasteiger partial charge in [-0.15, -0.1) is 11.3 Å². The van der Waals surface area contributed by atoms with Gasteiger partial charge in [-0.25, -0.2) is 0 Å². The van der Waals surface area contributed by atoms with E-state index in [1.54, 1.807) is 11.3 Å². The Kier molecular flexibility index (Phi) is 2.58. The fourth-order valence-corrected chi connectivity index (χ4v) is 3.59. The lowest BCUT2D eigenvalue weighted by Crippen LogP contribution is -1.97. The number of aliphatic hydroxyl groups excluding tert-OH is 1. The first-order valence-corrected chi connectivity index (χ1v) is 6.58. The van der Waals surface area contributed by atoms with Crippen LogP contribution in [0.2, 0.25) is 0 Å². The molecule has 1 aliphatic rings. The SMILES string of the molecule is OC(c1cc[nH]c1)c1cc2c(s1)CCCC2. The predicted octanol–water partition coefficient (Wildman–Crippen LogP) is 3.04. The maximum Gasteiger partial charge on any atom is 0.115 e. The van der Waals surface area contributed by atoms with Crippen LogP contribution in [0.15, 0.2) is 24.5 Å². The average Bonchev–Trinajstić information content (AvgIpc) is 2.97. The van der Waals surface area contributed by atoms with E-state index in [0.29, 0.717) is 0 Å². The topological polar surface area (TPSA) is 36.0 Å². The lowest BCUT2D eigenvalue weighted by atomic mass is 9.98. The smallest absolute Gasteiger partial charge is 0.115 e. The van der Waals surface area contributed by atoms with Crippen LogP contribution in [0.1, 0.15) is 39.8 Å². The van der Waals surface area contributed by atoms with E-state index in [1.165, 1.54) is 36.1 Å². The van der Waals surface area contributed by atoms with E-state index >= 15 is 0 Å². The summed E-state index contributed by atoms with van der Waals surface area (Å²) < 4.78 is 0. The van der Waals surface area contributed by atoms with Gasteiger partial charge in [0.15, 0.2) is 0 Å². The zero-order chi connectivity index (χ0) is 11.0. The van der Waals surface area contributed by atoms with E-state index in [-0.39, 0.29) is 0 Å². The Balaban J connectivity index is 1.92. The molecule has 0 spiro atoms. The van der Waals surface area contributed by atoms with Crippen molar-refractivity contribution < 1.29 is 5.11 Å². The Hall–Kier alpha value is -1.06. The van der Waals surface area contributed by atoms with Crippen LogP contribution < -0.4 is 0 Å². The van der Waals surface area contributed by atoms with Crippen molar-refractivity contribution in [3.05, 3.63) is 45.4 Å². The van der Waals surface area contributed by atoms with Crippen LogP contribution in [0.4, 0.5) is 0 Å². The minimum absolute atomic E-state index is 0.457. The number of aliphatic hydroxyl groups is 1. The van der Waals surface area contributed by atoms with Crippen LogP contribution in [-0.2, 0) is 12.8 Å². The van der Waals surface area contributed by atoms with Crippen LogP contribution >= 0.6 is 11.3 Å². The molecular weight excluding hydrogens is 218 g/mol. The summed E-state index contributed by atoms with van der Waals surface area (Å²) in [6, 6.07) is 4.13. The van der Waals surface area contributed by atoms with Gasteiger partial charge in [-0.1, -0.05) is 0 Å². The Bertz CT molecular complexity index is 449. The van der Waals surface area contributed by atoms with Gasteiger partial charge in [-0.3, -0.25) is 0 Å². The highest BCUT2D eigenvalue weighted by molar-refractivity contribution is 7.12. The van der Waals surface area contributed by atoms with Gasteiger partial charge < -0.3 is 10.1 Å². The van der Waals surface area contributed by atoms with Gasteiger partial charge in [0, 0.05) is 27.7 Å². The first-order valence-electron chi connectivity index (χ1n) is 5.77. The molecule has 0 saturated heterocycles. The molecule has 16 heavy (non-hydrogen) atoms. The van der Waals surface area contributed by atoms with Gasteiger partial charge in [-0.2, -0.15) is 0 Å². The molecule has 2 N–H and O–H groups in total. The summed E-state index contributed by atoms with van der Waals surface area (Å²) in [7, 11) is 0. The number of H-pyrrole nitrogens is 1. The van der Waals surface area contributed by atoms with E-state index in [4.69, 9.17) is 0 Å². The van der Waals surface area contributed by atoms with Gasteiger partial charge in [0.1, 0.15) is 6.10 Å². The molecule has 1 aliphatic carbocycles. The second kappa shape index (κ2) is 4.07. The van der Waals surface area contributed by atoms with Crippen LogP contribution in [0.5, 0.6) is 0 Å². The van der Waals surface area contributed by atoms with Crippen LogP contribution in [0.25, 0.3) is 0 Å². The summed E-state index contributed by atoms with van der Waals surface area (Å²) in [6.45, 7) is 0. The van der Waals surface area contributed by atoms with Crippen molar-refractivity contribution in [2.75, 3.05) is 0 Å². The van der Waals surface area contributed by atoms with Crippen molar-refractivity contribution in [2.24, 2.45) is 0 Å². The lowest BCUT2D eigenvalue weighted by Gasteiger charge is -2.08. The Morgan fingerprint density at radius 3 is 2.94 bits per heavy atom. The molecule has 3 rings (SSSR count). The number of aromatic nitrogens is 1. The number of thiophene rings is 1. The Morgan fingerprint density at radius 2 is 2.19 bits per heavy atom. The number of hydrogen-bond donors (Lipinski definition) is 2. The maximum absolute atomic E-state index is 10.2. The van der Waals surface area contributed by atoms with Crippen LogP contribution in [-0.4, -0.2) is 10.1 Å². The molecule has 1 atom stereocenters. The fraction of sp³-hybridized carbons (Fsp3) is 0.385. The second-order valence-electron chi connectivity index (χ2n) is 4.35. The third kappa shape index (κ3) is 1.70. The molecule has 0 saturated carbocycles. The van der Waals surface area contributed by atoms with E-state index < -0.39 is 6.10 Å². The van der Waals surface area contributed by atoms with Gasteiger partial charge in [0.25, 0.3) is 0 Å². The largest absolute Gasteiger partial charge is 0.383 e. The monoisotopic (exact) mass is 233 g/mol. The van der Waals surface area contributed by atoms with Crippen molar-refractivity contribution in [2.45, 2.75) is 31.8 Å². The predicted molar refractivity (Wildman–Crippen MR) is 65.8 cm³/mol. The first-order chi connectivity index (χ1) is 7.84. The maximum atomic E-state index is 10.2. The molecule has 2 heterocycles. The zero-order valence-electron chi connectivity index (χ0n) is 9.07. The quantitative estimate of drug-likeness (QED) is 0.821. The van der Waals surface area contributed by atoms with Crippen LogP contribution in [0.3, 0.4) is 0 Å². The third-order valence-electron chi connectivity index (χ3n) is 3.22. The second-order valence-corrected chi connectivity index (χ2v) is 5.52. The number of rotatable bonds is 2. The highest BCUT2D eigenvalue weighted by Gasteiger charge is 2.18. The minimum Gasteiger partial charge on any atom is -0.383 e. The minimum atomic E-state index is -0.457. The number of fused-ring (bicyclic) bond motifs is 1. The molecule has 0 aromatic carbocycles. The zero-order valence-corrected chi connectivity index (χ0v) is 9.89. The molecule has 2 aromatic heterocycles. The number of aryl methyl sites for hydroxylation is 2. The number of hydrogen-bond acceptors (Lipinski definition) is 2. The van der Waals surface area contributed by atoms with E-state index in [9.17, 15) is 5.11 Å². The molecule has 0 aliphatic heterocycles. The summed E-state index contributed by atoms with van der Waals surface area (Å²) in [5.74, 6) is 0. The van der Waals surface area contributed by atoms with Crippen molar-refractivity contribution >= 4 is 11.3 Å². The summed E-state index contributed by atoms with van der Waals surface area (Å²) in [6.07, 6.45) is 8.24. The molecule has 0 fully saturated rings. The number of nitrogens with one attached hydrogen (secondary N) is 1. The highest BCUT2D eigenvalue weighted by atomic mass is 32.1. The standard InChI is InChI=1S/C13H15NOS/c15-13(10-5-6-14-8-10)12-7-9-3-1-2-4-11(9)16-12/h5-8,13-15H,1-4H2. The first kappa shape index (κ1) is 10.1. The normalized spacial score (nSPS) is 17.1. The van der Waals surface area contributed by atoms with E-state index in [1.807, 2.05) is 18.5 Å². The van der Waals surface area contributed by atoms with Crippen molar-refractivity contribution in [1.82, 2.24) is 4.98 Å². The molecule has 0 amide bonds. The van der Waals surface area contributed by atoms with Gasteiger partial charge >= 0.3 is 0 Å². The molecule has 2 nitrogen and oxygen atoms in total. The Morgan fingerprint density at radius 1 is 1.31 bits per heavy atom. The third-order valence-corrected chi connectivity index (χ3v) is 4.51. The van der Waals surface area contributed by atoms with E-state index in [2.05, 4.69) is 11.1 Å². The highest BCUT2D eigenvalue weighted by Crippen LogP contribution is 2.35. The molecule has 1 unspecified atom stereocenters. The molecule has 3 heteroatoms.